The number of ketones is 1. The average Bonchev–Trinajstić information content (AvgIpc) is 3.42. The number of nitrogens with one attached hydrogen (secondary N) is 1. The summed E-state index contributed by atoms with van der Waals surface area (Å²) in [6.45, 7) is 0.999. The minimum absolute atomic E-state index is 0.526. The Balaban J connectivity index is 2.28. The molecule has 0 saturated carbocycles. The molecule has 0 fully saturated rings. The van der Waals surface area contributed by atoms with Crippen LogP contribution in [0.3, 0.4) is 0 Å². The van der Waals surface area contributed by atoms with Crippen molar-refractivity contribution in [1.82, 2.24) is 0 Å². The third kappa shape index (κ3) is 4.39. The van der Waals surface area contributed by atoms with E-state index in [1.807, 2.05) is 0 Å². The Morgan fingerprint density at radius 3 is 2.48 bits per heavy atom. The Labute approximate surface area is 158 Å². The number of nitro groups is 1. The van der Waals surface area contributed by atoms with E-state index in [2.05, 4.69) is 25.2 Å². The van der Waals surface area contributed by atoms with Gasteiger partial charge in [-0.1, -0.05) is 0 Å². The van der Waals surface area contributed by atoms with Gasteiger partial charge in [0.15, 0.2) is 0 Å². The molecule has 0 bridgehead atoms. The fraction of sp³-hybridized carbons (Fsp3) is 0.357. The van der Waals surface area contributed by atoms with Gasteiger partial charge in [0.2, 0.25) is 0 Å². The van der Waals surface area contributed by atoms with Gasteiger partial charge in [0, 0.05) is 11.6 Å². The van der Waals surface area contributed by atoms with Gasteiger partial charge in [-0.15, -0.1) is 10.2 Å². The highest BCUT2D eigenvalue weighted by Crippen LogP contribution is 2.53. The van der Waals surface area contributed by atoms with Crippen LogP contribution in [0.15, 0.2) is 33.6 Å². The summed E-state index contributed by atoms with van der Waals surface area (Å²) in [6, 6.07) is 2.10. The number of benzene rings is 1. The predicted molar refractivity (Wildman–Crippen MR) is 83.1 cm³/mol. The van der Waals surface area contributed by atoms with Crippen LogP contribution in [-0.4, -0.2) is 33.9 Å². The Morgan fingerprint density at radius 1 is 1.45 bits per heavy atom. The number of nitrogens with zero attached hydrogens (tertiary/aromatic N) is 4. The quantitative estimate of drug-likeness (QED) is 0.161. The Hall–Kier alpha value is -3.78. The molecule has 1 aliphatic rings. The fourth-order valence-corrected chi connectivity index (χ4v) is 2.21. The summed E-state index contributed by atoms with van der Waals surface area (Å²) in [5.41, 5.74) is -4.50. The molecule has 0 radical (unpaired) electrons. The number of Topliss-reactive ketones (excluding diaryl/α,β-unsaturated/α-hetero) is 1. The predicted octanol–water partition coefficient (Wildman–Crippen LogP) is 1.81. The lowest BCUT2D eigenvalue weighted by Gasteiger charge is -2.17. The molecule has 2 rings (SSSR count). The van der Waals surface area contributed by atoms with Crippen LogP contribution in [0.2, 0.25) is 0 Å². The van der Waals surface area contributed by atoms with Crippen molar-refractivity contribution in [3.05, 3.63) is 33.9 Å². The zero-order chi connectivity index (χ0) is 22.0. The van der Waals surface area contributed by atoms with E-state index in [1.54, 1.807) is 0 Å². The monoisotopic (exact) mass is 418 g/mol. The number of carbonyl (C=O) groups is 1. The highest BCUT2D eigenvalue weighted by molar-refractivity contribution is 6.02. The standard InChI is InChI=1S/C14H12F3N5O7/c1-6(23)8(5-11(18)24)12(19-25)29-28-10-3-2-7(4-9(10)22(26)27)13(20-21-13)14(15,16)17/h2-4,8,25H,5H2,1H3,(H2,18,24)/p-1. The summed E-state index contributed by atoms with van der Waals surface area (Å²) in [4.78, 5) is 30.9. The molecular formula is C14H11F3N5O7-. The molecule has 1 unspecified atom stereocenters. The smallest absolute Gasteiger partial charge is 0.442 e. The number of nitro benzene ring substituents is 1. The van der Waals surface area contributed by atoms with Crippen molar-refractivity contribution in [1.29, 1.82) is 5.41 Å². The molecule has 1 aromatic rings. The van der Waals surface area contributed by atoms with E-state index in [9.17, 15) is 33.2 Å². The third-order valence-electron chi connectivity index (χ3n) is 3.75. The van der Waals surface area contributed by atoms with Crippen LogP contribution < -0.4 is 9.99 Å². The number of rotatable bonds is 8. The molecule has 1 aliphatic heterocycles. The first kappa shape index (κ1) is 21.5. The van der Waals surface area contributed by atoms with E-state index in [0.717, 1.165) is 19.1 Å². The van der Waals surface area contributed by atoms with Gasteiger partial charge in [-0.3, -0.25) is 24.7 Å². The minimum Gasteiger partial charge on any atom is -0.862 e. The lowest BCUT2D eigenvalue weighted by molar-refractivity contribution is -0.387. The van der Waals surface area contributed by atoms with E-state index in [1.165, 1.54) is 0 Å². The maximum atomic E-state index is 13.1. The summed E-state index contributed by atoms with van der Waals surface area (Å²) in [5.74, 6) is -5.02. The molecule has 1 heterocycles. The van der Waals surface area contributed by atoms with Crippen molar-refractivity contribution >= 4 is 23.3 Å². The molecule has 29 heavy (non-hydrogen) atoms. The van der Waals surface area contributed by atoms with Crippen LogP contribution in [0.25, 0.3) is 0 Å². The Morgan fingerprint density at radius 2 is 2.07 bits per heavy atom. The Kier molecular flexibility index (Phi) is 5.70. The second-order valence-electron chi connectivity index (χ2n) is 5.71. The lowest BCUT2D eigenvalue weighted by Crippen LogP contribution is -2.31. The number of carbonyl (C=O) groups excluding carboxylic acids is 1. The molecule has 2 N–H and O–H groups in total. The molecule has 156 valence electrons. The van der Waals surface area contributed by atoms with E-state index in [0.29, 0.717) is 6.07 Å². The maximum absolute atomic E-state index is 13.1. The van der Waals surface area contributed by atoms with Crippen molar-refractivity contribution in [3.63, 3.8) is 0 Å². The van der Waals surface area contributed by atoms with Crippen LogP contribution >= 0.6 is 0 Å². The third-order valence-corrected chi connectivity index (χ3v) is 3.75. The van der Waals surface area contributed by atoms with E-state index >= 15 is 0 Å². The summed E-state index contributed by atoms with van der Waals surface area (Å²) in [5, 5.41) is 46.4. The van der Waals surface area contributed by atoms with Gasteiger partial charge in [0.05, 0.1) is 4.92 Å². The number of hydrogen-bond donors (Lipinski definition) is 2. The largest absolute Gasteiger partial charge is 0.862 e. The van der Waals surface area contributed by atoms with Gasteiger partial charge in [-0.05, 0) is 36.5 Å². The van der Waals surface area contributed by atoms with Gasteiger partial charge in [0.1, 0.15) is 11.7 Å². The average molecular weight is 418 g/mol. The molecular weight excluding hydrogens is 407 g/mol. The summed E-state index contributed by atoms with van der Waals surface area (Å²) >= 11 is 0. The van der Waals surface area contributed by atoms with E-state index in [-0.39, 0.29) is 0 Å². The SMILES string of the molecule is CC(=O)C(CC(=N)[O-])C(=NO)OOc1ccc(C2(C(F)(F)F)N=N2)cc1[N+](=O)[O-]. The first-order chi connectivity index (χ1) is 13.4. The molecule has 0 spiro atoms. The van der Waals surface area contributed by atoms with Gasteiger partial charge in [-0.25, -0.2) is 0 Å². The summed E-state index contributed by atoms with van der Waals surface area (Å²) < 4.78 is 39.2. The van der Waals surface area contributed by atoms with Gasteiger partial charge in [-0.2, -0.15) is 13.2 Å². The maximum Gasteiger partial charge on any atom is 0.442 e. The van der Waals surface area contributed by atoms with Crippen molar-refractivity contribution < 1.29 is 43.0 Å². The summed E-state index contributed by atoms with van der Waals surface area (Å²) in [6.07, 6.45) is -5.63. The normalized spacial score (nSPS) is 16.1. The fourth-order valence-electron chi connectivity index (χ4n) is 2.21. The minimum atomic E-state index is -4.91. The van der Waals surface area contributed by atoms with Gasteiger partial charge in [0.25, 0.3) is 11.6 Å². The van der Waals surface area contributed by atoms with Crippen LogP contribution in [0, 0.1) is 21.4 Å². The summed E-state index contributed by atoms with van der Waals surface area (Å²) in [7, 11) is 0. The molecule has 0 aromatic heterocycles. The van der Waals surface area contributed by atoms with Crippen LogP contribution in [0.1, 0.15) is 18.9 Å². The first-order valence-electron chi connectivity index (χ1n) is 7.54. The topological polar surface area (TPSA) is 183 Å². The molecule has 1 atom stereocenters. The zero-order valence-corrected chi connectivity index (χ0v) is 14.3. The molecule has 15 heteroatoms. The molecule has 1 aromatic carbocycles. The van der Waals surface area contributed by atoms with Gasteiger partial charge >= 0.3 is 17.5 Å². The van der Waals surface area contributed by atoms with Crippen molar-refractivity contribution in [2.75, 3.05) is 0 Å². The lowest BCUT2D eigenvalue weighted by atomic mass is 10.0. The van der Waals surface area contributed by atoms with E-state index in [4.69, 9.17) is 10.6 Å². The van der Waals surface area contributed by atoms with Crippen molar-refractivity contribution in [2.45, 2.75) is 25.2 Å². The second kappa shape index (κ2) is 7.69. The van der Waals surface area contributed by atoms with Crippen LogP contribution in [0.4, 0.5) is 18.9 Å². The van der Waals surface area contributed by atoms with E-state index < -0.39 is 63.7 Å². The molecule has 12 nitrogen and oxygen atoms in total. The first-order valence-corrected chi connectivity index (χ1v) is 7.54. The van der Waals surface area contributed by atoms with Gasteiger partial charge < -0.3 is 15.7 Å². The number of oxime groups is 1. The zero-order valence-electron chi connectivity index (χ0n) is 14.3. The molecule has 0 aliphatic carbocycles. The highest BCUT2D eigenvalue weighted by Gasteiger charge is 2.65. The number of halogens is 3. The highest BCUT2D eigenvalue weighted by atomic mass is 19.4. The Bertz CT molecular complexity index is 909. The van der Waals surface area contributed by atoms with Crippen LogP contribution in [-0.2, 0) is 15.3 Å². The number of hydrogen-bond acceptors (Lipinski definition) is 11. The molecule has 0 saturated heterocycles. The van der Waals surface area contributed by atoms with Crippen molar-refractivity contribution in [2.24, 2.45) is 21.3 Å². The molecule has 0 amide bonds. The number of alkyl halides is 3. The second-order valence-corrected chi connectivity index (χ2v) is 5.71. The van der Waals surface area contributed by atoms with Crippen LogP contribution in [0.5, 0.6) is 5.75 Å². The van der Waals surface area contributed by atoms with Crippen molar-refractivity contribution in [3.8, 4) is 5.75 Å².